The number of nitrogens with two attached hydrogens (primary N) is 1. The Labute approximate surface area is 113 Å². The van der Waals surface area contributed by atoms with Crippen LogP contribution < -0.4 is 5.73 Å². The van der Waals surface area contributed by atoms with Gasteiger partial charge in [-0.25, -0.2) is 4.79 Å². The van der Waals surface area contributed by atoms with E-state index in [1.165, 1.54) is 7.11 Å². The molecule has 0 bridgehead atoms. The van der Waals surface area contributed by atoms with Crippen molar-refractivity contribution in [3.8, 4) is 0 Å². The molecular weight excluding hydrogens is 254 g/mol. The zero-order valence-corrected chi connectivity index (χ0v) is 11.5. The second-order valence-corrected chi connectivity index (χ2v) is 4.72. The molecule has 1 aromatic heterocycles. The Morgan fingerprint density at radius 3 is 2.83 bits per heavy atom. The maximum atomic E-state index is 11.3. The number of carbonyl (C=O) groups excluding carboxylic acids is 1. The van der Waals surface area contributed by atoms with Gasteiger partial charge in [0.2, 0.25) is 0 Å². The summed E-state index contributed by atoms with van der Waals surface area (Å²) in [5.41, 5.74) is 7.49. The van der Waals surface area contributed by atoms with E-state index in [2.05, 4.69) is 21.5 Å². The first-order valence-electron chi connectivity index (χ1n) is 5.84. The largest absolute Gasteiger partial charge is 0.464 e. The van der Waals surface area contributed by atoms with Crippen LogP contribution in [0.4, 0.5) is 0 Å². The van der Waals surface area contributed by atoms with E-state index in [1.807, 2.05) is 6.07 Å². The topological polar surface area (TPSA) is 71.3 Å². The minimum Gasteiger partial charge on any atom is -0.464 e. The summed E-state index contributed by atoms with van der Waals surface area (Å²) < 4.78 is 4.65. The van der Waals surface area contributed by atoms with Crippen molar-refractivity contribution in [2.45, 2.75) is 19.5 Å². The lowest BCUT2D eigenvalue weighted by Crippen LogP contribution is -2.28. The van der Waals surface area contributed by atoms with Crippen molar-refractivity contribution < 1.29 is 9.53 Å². The van der Waals surface area contributed by atoms with Crippen molar-refractivity contribution in [3.05, 3.63) is 23.5 Å². The van der Waals surface area contributed by atoms with Crippen molar-refractivity contribution in [1.29, 1.82) is 0 Å². The molecule has 102 valence electrons. The first kappa shape index (κ1) is 15.0. The molecule has 1 saturated heterocycles. The van der Waals surface area contributed by atoms with Gasteiger partial charge in [-0.3, -0.25) is 4.90 Å². The van der Waals surface area contributed by atoms with Crippen LogP contribution in [0.1, 0.15) is 23.1 Å². The van der Waals surface area contributed by atoms with E-state index in [-0.39, 0.29) is 24.4 Å². The summed E-state index contributed by atoms with van der Waals surface area (Å²) in [6.07, 6.45) is 0. The van der Waals surface area contributed by atoms with Crippen LogP contribution in [-0.2, 0) is 11.3 Å². The lowest BCUT2D eigenvalue weighted by atomic mass is 10.1. The Morgan fingerprint density at radius 2 is 2.28 bits per heavy atom. The van der Waals surface area contributed by atoms with E-state index < -0.39 is 0 Å². The van der Waals surface area contributed by atoms with Crippen molar-refractivity contribution in [2.24, 2.45) is 11.7 Å². The Kier molecular flexibility index (Phi) is 5.19. The molecule has 2 rings (SSSR count). The number of hydrogen-bond acceptors (Lipinski definition) is 4. The zero-order valence-electron chi connectivity index (χ0n) is 10.7. The van der Waals surface area contributed by atoms with Gasteiger partial charge in [0.05, 0.1) is 7.11 Å². The number of hydrogen-bond donors (Lipinski definition) is 2. The fourth-order valence-corrected chi connectivity index (χ4v) is 2.23. The highest BCUT2D eigenvalue weighted by Crippen LogP contribution is 2.17. The van der Waals surface area contributed by atoms with E-state index >= 15 is 0 Å². The van der Waals surface area contributed by atoms with Crippen LogP contribution in [0.3, 0.4) is 0 Å². The summed E-state index contributed by atoms with van der Waals surface area (Å²) in [6, 6.07) is 3.92. The van der Waals surface area contributed by atoms with Gasteiger partial charge in [0.15, 0.2) is 0 Å². The number of nitrogens with one attached hydrogen (secondary N) is 1. The Hall–Kier alpha value is -1.04. The third-order valence-electron chi connectivity index (χ3n) is 3.29. The Bertz CT molecular complexity index is 398. The second kappa shape index (κ2) is 6.22. The summed E-state index contributed by atoms with van der Waals surface area (Å²) in [7, 11) is 1.38. The van der Waals surface area contributed by atoms with Gasteiger partial charge in [0, 0.05) is 31.4 Å². The highest BCUT2D eigenvalue weighted by atomic mass is 35.5. The molecule has 1 aliphatic rings. The predicted molar refractivity (Wildman–Crippen MR) is 71.8 cm³/mol. The molecule has 0 aliphatic carbocycles. The highest BCUT2D eigenvalue weighted by molar-refractivity contribution is 5.87. The monoisotopic (exact) mass is 273 g/mol. The molecule has 0 radical (unpaired) electrons. The quantitative estimate of drug-likeness (QED) is 0.806. The molecule has 18 heavy (non-hydrogen) atoms. The molecule has 3 N–H and O–H groups in total. The number of esters is 1. The third-order valence-corrected chi connectivity index (χ3v) is 3.29. The van der Waals surface area contributed by atoms with E-state index in [4.69, 9.17) is 5.73 Å². The normalized spacial score (nSPS) is 23.7. The number of aromatic amines is 1. The van der Waals surface area contributed by atoms with Crippen molar-refractivity contribution in [1.82, 2.24) is 9.88 Å². The molecule has 1 aliphatic heterocycles. The van der Waals surface area contributed by atoms with Crippen LogP contribution >= 0.6 is 12.4 Å². The third kappa shape index (κ3) is 3.25. The Balaban J connectivity index is 0.00000162. The number of likely N-dealkylation sites (tertiary alicyclic amines) is 1. The minimum absolute atomic E-state index is 0. The molecule has 2 unspecified atom stereocenters. The highest BCUT2D eigenvalue weighted by Gasteiger charge is 2.26. The van der Waals surface area contributed by atoms with E-state index in [0.29, 0.717) is 11.6 Å². The summed E-state index contributed by atoms with van der Waals surface area (Å²) in [5, 5.41) is 0. The van der Waals surface area contributed by atoms with Crippen LogP contribution in [0.25, 0.3) is 0 Å². The van der Waals surface area contributed by atoms with Gasteiger partial charge in [-0.15, -0.1) is 12.4 Å². The van der Waals surface area contributed by atoms with Crippen LogP contribution in [0, 0.1) is 5.92 Å². The van der Waals surface area contributed by atoms with Gasteiger partial charge in [0.1, 0.15) is 5.69 Å². The molecule has 0 aromatic carbocycles. The number of nitrogens with zero attached hydrogens (tertiary/aromatic N) is 1. The van der Waals surface area contributed by atoms with Gasteiger partial charge >= 0.3 is 5.97 Å². The van der Waals surface area contributed by atoms with Gasteiger partial charge < -0.3 is 15.5 Å². The van der Waals surface area contributed by atoms with Gasteiger partial charge in [-0.05, 0) is 18.1 Å². The second-order valence-electron chi connectivity index (χ2n) is 4.72. The molecule has 1 fully saturated rings. The number of rotatable bonds is 3. The first-order chi connectivity index (χ1) is 8.10. The van der Waals surface area contributed by atoms with Crippen LogP contribution in [0.2, 0.25) is 0 Å². The van der Waals surface area contributed by atoms with Crippen molar-refractivity contribution in [2.75, 3.05) is 20.2 Å². The SMILES string of the molecule is COC(=O)c1ccc(CN2CC(C)C(N)C2)[nH]1.Cl. The van der Waals surface area contributed by atoms with Gasteiger partial charge in [0.25, 0.3) is 0 Å². The zero-order chi connectivity index (χ0) is 12.4. The van der Waals surface area contributed by atoms with Gasteiger partial charge in [-0.1, -0.05) is 6.92 Å². The van der Waals surface area contributed by atoms with Crippen LogP contribution in [0.15, 0.2) is 12.1 Å². The molecule has 0 spiro atoms. The smallest absolute Gasteiger partial charge is 0.354 e. The molecule has 5 nitrogen and oxygen atoms in total. The molecular formula is C12H20ClN3O2. The number of carbonyl (C=O) groups is 1. The Morgan fingerprint density at radius 1 is 1.56 bits per heavy atom. The fourth-order valence-electron chi connectivity index (χ4n) is 2.23. The average Bonchev–Trinajstić information content (AvgIpc) is 2.87. The van der Waals surface area contributed by atoms with E-state index in [1.54, 1.807) is 6.07 Å². The van der Waals surface area contributed by atoms with Crippen molar-refractivity contribution >= 4 is 18.4 Å². The molecule has 2 heterocycles. The minimum atomic E-state index is -0.331. The summed E-state index contributed by atoms with van der Waals surface area (Å²) in [4.78, 5) is 16.6. The maximum absolute atomic E-state index is 11.3. The standard InChI is InChI=1S/C12H19N3O2.ClH/c1-8-5-15(7-10(8)13)6-9-3-4-11(14-9)12(16)17-2;/h3-4,8,10,14H,5-7,13H2,1-2H3;1H. The molecule has 1 aromatic rings. The number of aromatic nitrogens is 1. The summed E-state index contributed by atoms with van der Waals surface area (Å²) in [6.45, 7) is 4.88. The number of halogens is 1. The molecule has 0 saturated carbocycles. The molecule has 6 heteroatoms. The lowest BCUT2D eigenvalue weighted by molar-refractivity contribution is 0.0594. The summed E-state index contributed by atoms with van der Waals surface area (Å²) in [5.74, 6) is 0.202. The summed E-state index contributed by atoms with van der Waals surface area (Å²) >= 11 is 0. The first-order valence-corrected chi connectivity index (χ1v) is 5.84. The van der Waals surface area contributed by atoms with E-state index in [9.17, 15) is 4.79 Å². The number of H-pyrrole nitrogens is 1. The number of ether oxygens (including phenoxy) is 1. The maximum Gasteiger partial charge on any atom is 0.354 e. The average molecular weight is 274 g/mol. The molecule has 0 amide bonds. The van der Waals surface area contributed by atoms with Crippen LogP contribution in [0.5, 0.6) is 0 Å². The predicted octanol–water partition coefficient (Wildman–Crippen LogP) is 1.00. The number of methoxy groups -OCH3 is 1. The van der Waals surface area contributed by atoms with E-state index in [0.717, 1.165) is 25.3 Å². The van der Waals surface area contributed by atoms with Gasteiger partial charge in [-0.2, -0.15) is 0 Å². The lowest BCUT2D eigenvalue weighted by Gasteiger charge is -2.13. The fraction of sp³-hybridized carbons (Fsp3) is 0.583. The van der Waals surface area contributed by atoms with Crippen molar-refractivity contribution in [3.63, 3.8) is 0 Å². The molecule has 2 atom stereocenters. The van der Waals surface area contributed by atoms with Crippen LogP contribution in [-0.4, -0.2) is 42.1 Å².